The first kappa shape index (κ1) is 14.9. The smallest absolute Gasteiger partial charge is 0.237 e. The van der Waals surface area contributed by atoms with E-state index in [1.165, 1.54) is 0 Å². The highest BCUT2D eigenvalue weighted by Crippen LogP contribution is 1.93. The van der Waals surface area contributed by atoms with Crippen molar-refractivity contribution in [2.75, 3.05) is 46.8 Å². The maximum Gasteiger partial charge on any atom is 0.237 e. The molecule has 0 rings (SSSR count). The summed E-state index contributed by atoms with van der Waals surface area (Å²) in [6.07, 6.45) is 3.46. The quantitative estimate of drug-likeness (QED) is 0.575. The minimum absolute atomic E-state index is 0.110. The van der Waals surface area contributed by atoms with Gasteiger partial charge in [-0.05, 0) is 14.1 Å². The highest BCUT2D eigenvalue weighted by atomic mass is 16.2. The van der Waals surface area contributed by atoms with Crippen molar-refractivity contribution in [1.29, 1.82) is 0 Å². The van der Waals surface area contributed by atoms with Crippen LogP contribution in [0.1, 0.15) is 0 Å². The summed E-state index contributed by atoms with van der Waals surface area (Å²) in [5.74, 6) is 0.110. The zero-order valence-electron chi connectivity index (χ0n) is 10.4. The molecule has 0 aromatic rings. The van der Waals surface area contributed by atoms with E-state index in [0.29, 0.717) is 19.6 Å². The molecule has 0 saturated heterocycles. The van der Waals surface area contributed by atoms with Gasteiger partial charge in [0.05, 0.1) is 6.54 Å². The molecule has 1 amide bonds. The van der Waals surface area contributed by atoms with Crippen LogP contribution in [0, 0.1) is 0 Å². The first-order valence-electron chi connectivity index (χ1n) is 5.48. The molecule has 0 aliphatic carbocycles. The van der Waals surface area contributed by atoms with Gasteiger partial charge in [0.15, 0.2) is 0 Å². The molecule has 4 nitrogen and oxygen atoms in total. The number of likely N-dealkylation sites (N-methyl/N-ethyl adjacent to an activating group) is 2. The van der Waals surface area contributed by atoms with E-state index in [0.717, 1.165) is 13.1 Å². The first-order valence-corrected chi connectivity index (χ1v) is 5.48. The molecule has 4 heteroatoms. The summed E-state index contributed by atoms with van der Waals surface area (Å²) in [7, 11) is 3.84. The summed E-state index contributed by atoms with van der Waals surface area (Å²) < 4.78 is 0. The number of amides is 1. The van der Waals surface area contributed by atoms with Crippen molar-refractivity contribution in [2.24, 2.45) is 0 Å². The lowest BCUT2D eigenvalue weighted by atomic mass is 10.4. The fourth-order valence-corrected chi connectivity index (χ4v) is 1.30. The van der Waals surface area contributed by atoms with Crippen LogP contribution >= 0.6 is 0 Å². The molecular weight excluding hydrogens is 202 g/mol. The maximum absolute atomic E-state index is 11.9. The van der Waals surface area contributed by atoms with Gasteiger partial charge < -0.3 is 10.2 Å². The van der Waals surface area contributed by atoms with Gasteiger partial charge in [-0.15, -0.1) is 13.2 Å². The maximum atomic E-state index is 11.9. The van der Waals surface area contributed by atoms with Gasteiger partial charge >= 0.3 is 0 Å². The molecule has 0 saturated carbocycles. The Kier molecular flexibility index (Phi) is 8.48. The molecule has 92 valence electrons. The van der Waals surface area contributed by atoms with Gasteiger partial charge in [-0.25, -0.2) is 0 Å². The fraction of sp³-hybridized carbons (Fsp3) is 0.583. The van der Waals surface area contributed by atoms with Gasteiger partial charge in [-0.2, -0.15) is 0 Å². The van der Waals surface area contributed by atoms with Crippen molar-refractivity contribution in [3.8, 4) is 0 Å². The van der Waals surface area contributed by atoms with E-state index < -0.39 is 0 Å². The molecular formula is C12H23N3O. The predicted octanol–water partition coefficient (Wildman–Crippen LogP) is 0.338. The largest absolute Gasteiger partial charge is 0.334 e. The van der Waals surface area contributed by atoms with Crippen molar-refractivity contribution in [3.05, 3.63) is 25.3 Å². The minimum Gasteiger partial charge on any atom is -0.334 e. The Labute approximate surface area is 98.6 Å². The second-order valence-corrected chi connectivity index (χ2v) is 3.72. The molecule has 0 aromatic heterocycles. The summed E-state index contributed by atoms with van der Waals surface area (Å²) in [5, 5.41) is 3.05. The van der Waals surface area contributed by atoms with E-state index in [4.69, 9.17) is 0 Å². The van der Waals surface area contributed by atoms with Gasteiger partial charge in [-0.3, -0.25) is 9.69 Å². The van der Waals surface area contributed by atoms with E-state index in [-0.39, 0.29) is 5.91 Å². The van der Waals surface area contributed by atoms with Crippen LogP contribution in [0.5, 0.6) is 0 Å². The van der Waals surface area contributed by atoms with Crippen molar-refractivity contribution in [1.82, 2.24) is 15.1 Å². The summed E-state index contributed by atoms with van der Waals surface area (Å²) in [5.41, 5.74) is 0. The Balaban J connectivity index is 4.06. The predicted molar refractivity (Wildman–Crippen MR) is 68.4 cm³/mol. The van der Waals surface area contributed by atoms with Crippen LogP contribution in [0.4, 0.5) is 0 Å². The third-order valence-electron chi connectivity index (χ3n) is 2.20. The van der Waals surface area contributed by atoms with Crippen LogP contribution in [0.3, 0.4) is 0 Å². The van der Waals surface area contributed by atoms with Crippen LogP contribution in [-0.2, 0) is 4.79 Å². The molecule has 0 radical (unpaired) electrons. The monoisotopic (exact) mass is 225 g/mol. The molecule has 0 aliphatic heterocycles. The third-order valence-corrected chi connectivity index (χ3v) is 2.20. The fourth-order valence-electron chi connectivity index (χ4n) is 1.30. The highest BCUT2D eigenvalue weighted by Gasteiger charge is 2.12. The van der Waals surface area contributed by atoms with Crippen LogP contribution in [-0.4, -0.2) is 62.5 Å². The number of hydrogen-bond donors (Lipinski definition) is 1. The van der Waals surface area contributed by atoms with Crippen LogP contribution in [0.2, 0.25) is 0 Å². The lowest BCUT2D eigenvalue weighted by Crippen LogP contribution is -2.40. The lowest BCUT2D eigenvalue weighted by molar-refractivity contribution is -0.131. The summed E-state index contributed by atoms with van der Waals surface area (Å²) in [6, 6.07) is 0. The van der Waals surface area contributed by atoms with Gasteiger partial charge in [0.25, 0.3) is 0 Å². The second kappa shape index (κ2) is 9.12. The number of carbonyl (C=O) groups is 1. The van der Waals surface area contributed by atoms with Crippen molar-refractivity contribution in [2.45, 2.75) is 0 Å². The van der Waals surface area contributed by atoms with E-state index in [1.54, 1.807) is 17.1 Å². The molecule has 0 unspecified atom stereocenters. The summed E-state index contributed by atoms with van der Waals surface area (Å²) in [4.78, 5) is 15.6. The van der Waals surface area contributed by atoms with Crippen molar-refractivity contribution < 1.29 is 4.79 Å². The summed E-state index contributed by atoms with van der Waals surface area (Å²) in [6.45, 7) is 10.6. The zero-order valence-corrected chi connectivity index (χ0v) is 10.4. The normalized spacial score (nSPS) is 10.2. The van der Waals surface area contributed by atoms with Crippen molar-refractivity contribution >= 4 is 5.91 Å². The Hall–Kier alpha value is -1.13. The highest BCUT2D eigenvalue weighted by molar-refractivity contribution is 5.78. The molecule has 0 spiro atoms. The Bertz CT molecular complexity index is 218. The first-order chi connectivity index (χ1) is 7.65. The van der Waals surface area contributed by atoms with Crippen LogP contribution in [0.25, 0.3) is 0 Å². The Morgan fingerprint density at radius 3 is 2.31 bits per heavy atom. The third kappa shape index (κ3) is 6.37. The van der Waals surface area contributed by atoms with Gasteiger partial charge in [0.2, 0.25) is 5.91 Å². The van der Waals surface area contributed by atoms with Gasteiger partial charge in [0.1, 0.15) is 0 Å². The van der Waals surface area contributed by atoms with E-state index in [9.17, 15) is 4.79 Å². The summed E-state index contributed by atoms with van der Waals surface area (Å²) >= 11 is 0. The molecule has 0 bridgehead atoms. The SMILES string of the molecule is C=CCN(CC=C)C(=O)CN(C)CCNC. The standard InChI is InChI=1S/C12H23N3O/c1-5-8-15(9-6-2)12(16)11-14(4)10-7-13-3/h5-6,13H,1-2,7-11H2,3-4H3. The molecule has 0 atom stereocenters. The Morgan fingerprint density at radius 2 is 1.88 bits per heavy atom. The second-order valence-electron chi connectivity index (χ2n) is 3.72. The average Bonchev–Trinajstić information content (AvgIpc) is 2.26. The molecule has 0 aliphatic rings. The van der Waals surface area contributed by atoms with Gasteiger partial charge in [-0.1, -0.05) is 12.2 Å². The number of nitrogens with zero attached hydrogens (tertiary/aromatic N) is 2. The average molecular weight is 225 g/mol. The lowest BCUT2D eigenvalue weighted by Gasteiger charge is -2.23. The minimum atomic E-state index is 0.110. The number of rotatable bonds is 9. The Morgan fingerprint density at radius 1 is 1.31 bits per heavy atom. The zero-order chi connectivity index (χ0) is 12.4. The topological polar surface area (TPSA) is 35.6 Å². The van der Waals surface area contributed by atoms with Crippen LogP contribution in [0.15, 0.2) is 25.3 Å². The molecule has 0 fully saturated rings. The van der Waals surface area contributed by atoms with E-state index in [1.807, 2.05) is 19.0 Å². The number of nitrogens with one attached hydrogen (secondary N) is 1. The molecule has 1 N–H and O–H groups in total. The van der Waals surface area contributed by atoms with Gasteiger partial charge in [0, 0.05) is 26.2 Å². The van der Waals surface area contributed by atoms with E-state index >= 15 is 0 Å². The van der Waals surface area contributed by atoms with Crippen LogP contribution < -0.4 is 5.32 Å². The number of carbonyl (C=O) groups excluding carboxylic acids is 1. The number of hydrogen-bond acceptors (Lipinski definition) is 3. The molecule has 16 heavy (non-hydrogen) atoms. The molecule has 0 heterocycles. The van der Waals surface area contributed by atoms with Crippen molar-refractivity contribution in [3.63, 3.8) is 0 Å². The molecule has 0 aromatic carbocycles. The van der Waals surface area contributed by atoms with E-state index in [2.05, 4.69) is 18.5 Å².